The molecule has 2 N–H and O–H groups in total. The SMILES string of the molecule is CC(CC(=O)NC(=O)OC(C)C)Nc1ccc(-c2cn(C(C(=O)[O-])C(C)(C)C)cn2)cc1. The molecule has 0 spiro atoms. The number of carbonyl (C=O) groups excluding carboxylic acids is 3. The summed E-state index contributed by atoms with van der Waals surface area (Å²) >= 11 is 0. The van der Waals surface area contributed by atoms with Crippen molar-refractivity contribution in [2.24, 2.45) is 5.41 Å². The van der Waals surface area contributed by atoms with Crippen molar-refractivity contribution in [3.05, 3.63) is 36.8 Å². The normalized spacial score (nSPS) is 13.3. The van der Waals surface area contributed by atoms with Crippen LogP contribution in [0.5, 0.6) is 0 Å². The van der Waals surface area contributed by atoms with Gasteiger partial charge >= 0.3 is 6.09 Å². The van der Waals surface area contributed by atoms with Crippen molar-refractivity contribution in [2.45, 2.75) is 66.2 Å². The molecule has 9 heteroatoms. The molecule has 9 nitrogen and oxygen atoms in total. The molecule has 2 atom stereocenters. The number of alkyl carbamates (subject to hydrolysis) is 1. The van der Waals surface area contributed by atoms with Gasteiger partial charge in [-0.05, 0) is 38.3 Å². The van der Waals surface area contributed by atoms with Crippen LogP contribution in [0.25, 0.3) is 11.3 Å². The molecule has 0 aliphatic carbocycles. The molecular weight excluding hydrogens is 412 g/mol. The predicted octanol–water partition coefficient (Wildman–Crippen LogP) is 2.74. The first-order valence-corrected chi connectivity index (χ1v) is 10.5. The van der Waals surface area contributed by atoms with Gasteiger partial charge in [-0.2, -0.15) is 0 Å². The first-order chi connectivity index (χ1) is 14.9. The number of amides is 2. The Kier molecular flexibility index (Phi) is 8.02. The lowest BCUT2D eigenvalue weighted by molar-refractivity contribution is -0.313. The number of nitrogens with one attached hydrogen (secondary N) is 2. The van der Waals surface area contributed by atoms with Gasteiger partial charge in [-0.3, -0.25) is 10.1 Å². The lowest BCUT2D eigenvalue weighted by Gasteiger charge is -2.32. The van der Waals surface area contributed by atoms with Crippen LogP contribution < -0.4 is 15.7 Å². The number of hydrogen-bond donors (Lipinski definition) is 2. The molecule has 2 rings (SSSR count). The number of aliphatic carboxylic acids is 1. The molecule has 32 heavy (non-hydrogen) atoms. The maximum atomic E-state index is 11.9. The van der Waals surface area contributed by atoms with Crippen molar-refractivity contribution in [3.8, 4) is 11.3 Å². The topological polar surface area (TPSA) is 125 Å². The van der Waals surface area contributed by atoms with E-state index in [1.54, 1.807) is 24.6 Å². The fourth-order valence-electron chi connectivity index (χ4n) is 3.31. The highest BCUT2D eigenvalue weighted by Gasteiger charge is 2.27. The number of rotatable bonds is 8. The number of imide groups is 1. The van der Waals surface area contributed by atoms with E-state index in [2.05, 4.69) is 15.6 Å². The highest BCUT2D eigenvalue weighted by atomic mass is 16.6. The van der Waals surface area contributed by atoms with Gasteiger partial charge in [0.25, 0.3) is 0 Å². The van der Waals surface area contributed by atoms with Crippen molar-refractivity contribution >= 4 is 23.7 Å². The minimum atomic E-state index is -1.16. The van der Waals surface area contributed by atoms with E-state index >= 15 is 0 Å². The van der Waals surface area contributed by atoms with Gasteiger partial charge in [-0.1, -0.05) is 32.9 Å². The van der Waals surface area contributed by atoms with Gasteiger partial charge in [0.15, 0.2) is 0 Å². The average Bonchev–Trinajstić information content (AvgIpc) is 3.08. The van der Waals surface area contributed by atoms with Gasteiger partial charge in [0.2, 0.25) is 5.91 Å². The third kappa shape index (κ3) is 7.11. The van der Waals surface area contributed by atoms with E-state index in [-0.39, 0.29) is 18.6 Å². The van der Waals surface area contributed by atoms with Gasteiger partial charge < -0.3 is 24.5 Å². The van der Waals surface area contributed by atoms with Crippen LogP contribution in [0.4, 0.5) is 10.5 Å². The van der Waals surface area contributed by atoms with E-state index in [1.165, 1.54) is 6.33 Å². The second-order valence-electron chi connectivity index (χ2n) is 9.12. The quantitative estimate of drug-likeness (QED) is 0.642. The molecule has 0 aliphatic heterocycles. The van der Waals surface area contributed by atoms with Crippen LogP contribution in [-0.2, 0) is 14.3 Å². The van der Waals surface area contributed by atoms with Gasteiger partial charge in [-0.25, -0.2) is 9.78 Å². The lowest BCUT2D eigenvalue weighted by Crippen LogP contribution is -2.40. The second-order valence-corrected chi connectivity index (χ2v) is 9.12. The zero-order chi connectivity index (χ0) is 24.1. The first kappa shape index (κ1) is 24.9. The van der Waals surface area contributed by atoms with Gasteiger partial charge in [0.1, 0.15) is 0 Å². The number of imidazole rings is 1. The van der Waals surface area contributed by atoms with Crippen LogP contribution in [0.1, 0.15) is 54.0 Å². The fourth-order valence-corrected chi connectivity index (χ4v) is 3.31. The van der Waals surface area contributed by atoms with Crippen LogP contribution in [0.15, 0.2) is 36.8 Å². The summed E-state index contributed by atoms with van der Waals surface area (Å²) in [6, 6.07) is 6.34. The number of aromatic nitrogens is 2. The first-order valence-electron chi connectivity index (χ1n) is 10.5. The zero-order valence-electron chi connectivity index (χ0n) is 19.3. The van der Waals surface area contributed by atoms with Crippen LogP contribution in [-0.4, -0.2) is 39.7 Å². The van der Waals surface area contributed by atoms with E-state index < -0.39 is 29.4 Å². The molecule has 174 valence electrons. The number of nitrogens with zero attached hydrogens (tertiary/aromatic N) is 2. The molecule has 2 unspecified atom stereocenters. The van der Waals surface area contributed by atoms with Crippen LogP contribution in [0, 0.1) is 5.41 Å². The summed E-state index contributed by atoms with van der Waals surface area (Å²) in [5.41, 5.74) is 1.73. The summed E-state index contributed by atoms with van der Waals surface area (Å²) < 4.78 is 6.45. The highest BCUT2D eigenvalue weighted by Crippen LogP contribution is 2.31. The minimum absolute atomic E-state index is 0.0940. The number of carboxylic acids is 1. The minimum Gasteiger partial charge on any atom is -0.548 e. The smallest absolute Gasteiger partial charge is 0.414 e. The van der Waals surface area contributed by atoms with E-state index in [0.717, 1.165) is 11.3 Å². The second kappa shape index (κ2) is 10.3. The number of anilines is 1. The molecule has 0 saturated heterocycles. The number of benzene rings is 1. The summed E-state index contributed by atoms with van der Waals surface area (Å²) in [5, 5.41) is 17.0. The molecule has 2 aromatic rings. The Morgan fingerprint density at radius 3 is 2.28 bits per heavy atom. The van der Waals surface area contributed by atoms with E-state index in [9.17, 15) is 19.5 Å². The molecule has 1 aromatic carbocycles. The third-order valence-electron chi connectivity index (χ3n) is 4.61. The summed E-state index contributed by atoms with van der Waals surface area (Å²) in [4.78, 5) is 39.4. The molecule has 2 amide bonds. The number of carbonyl (C=O) groups is 3. The van der Waals surface area contributed by atoms with Crippen molar-refractivity contribution in [1.82, 2.24) is 14.9 Å². The summed E-state index contributed by atoms with van der Waals surface area (Å²) in [6.07, 6.45) is 2.23. The molecule has 1 aromatic heterocycles. The molecule has 1 heterocycles. The zero-order valence-corrected chi connectivity index (χ0v) is 19.3. The van der Waals surface area contributed by atoms with E-state index in [0.29, 0.717) is 5.69 Å². The van der Waals surface area contributed by atoms with Gasteiger partial charge in [0.05, 0.1) is 30.1 Å². The van der Waals surface area contributed by atoms with E-state index in [1.807, 2.05) is 52.0 Å². The van der Waals surface area contributed by atoms with Crippen LogP contribution >= 0.6 is 0 Å². The number of carboxylic acid groups (broad SMARTS) is 1. The van der Waals surface area contributed by atoms with Gasteiger partial charge in [-0.15, -0.1) is 0 Å². The molecular formula is C23H31N4O5-. The Hall–Kier alpha value is -3.36. The average molecular weight is 444 g/mol. The Bertz CT molecular complexity index is 944. The lowest BCUT2D eigenvalue weighted by atomic mass is 9.86. The summed E-state index contributed by atoms with van der Waals surface area (Å²) in [6.45, 7) is 10.7. The third-order valence-corrected chi connectivity index (χ3v) is 4.61. The number of hydrogen-bond acceptors (Lipinski definition) is 7. The summed E-state index contributed by atoms with van der Waals surface area (Å²) in [5.74, 6) is -1.59. The van der Waals surface area contributed by atoms with Crippen LogP contribution in [0.3, 0.4) is 0 Å². The molecule has 0 fully saturated rings. The van der Waals surface area contributed by atoms with Crippen molar-refractivity contribution in [3.63, 3.8) is 0 Å². The number of ether oxygens (including phenoxy) is 1. The van der Waals surface area contributed by atoms with E-state index in [4.69, 9.17) is 4.74 Å². The monoisotopic (exact) mass is 443 g/mol. The largest absolute Gasteiger partial charge is 0.548 e. The molecule has 0 saturated carbocycles. The summed E-state index contributed by atoms with van der Waals surface area (Å²) in [7, 11) is 0. The molecule has 0 aliphatic rings. The Labute approximate surface area is 188 Å². The Morgan fingerprint density at radius 1 is 1.12 bits per heavy atom. The van der Waals surface area contributed by atoms with Crippen molar-refractivity contribution < 1.29 is 24.2 Å². The standard InChI is InChI=1S/C23H32N4O5/c1-14(2)32-22(31)26-19(28)11-15(3)25-17-9-7-16(8-10-17)18-12-27(13-24-18)20(21(29)30)23(4,5)6/h7-10,12-15,20,25H,11H2,1-6H3,(H,29,30)(H,26,28,31)/p-1. The molecule has 0 radical (unpaired) electrons. The van der Waals surface area contributed by atoms with Gasteiger partial charge in [0, 0.05) is 29.9 Å². The Morgan fingerprint density at radius 2 is 1.75 bits per heavy atom. The maximum Gasteiger partial charge on any atom is 0.414 e. The van der Waals surface area contributed by atoms with Crippen LogP contribution in [0.2, 0.25) is 0 Å². The Balaban J connectivity index is 1.99. The highest BCUT2D eigenvalue weighted by molar-refractivity contribution is 5.92. The molecule has 0 bridgehead atoms. The fraction of sp³-hybridized carbons (Fsp3) is 0.478. The van der Waals surface area contributed by atoms with Crippen molar-refractivity contribution in [1.29, 1.82) is 0 Å². The maximum absolute atomic E-state index is 11.9. The predicted molar refractivity (Wildman–Crippen MR) is 119 cm³/mol. The van der Waals surface area contributed by atoms with Crippen molar-refractivity contribution in [2.75, 3.05) is 5.32 Å².